The first-order valence-corrected chi connectivity index (χ1v) is 7.98. The van der Waals surface area contributed by atoms with E-state index in [4.69, 9.17) is 0 Å². The van der Waals surface area contributed by atoms with Gasteiger partial charge in [-0.15, -0.1) is 4.59 Å². The first kappa shape index (κ1) is 15.8. The average molecular weight is 311 g/mol. The molecule has 0 amide bonds. The van der Waals surface area contributed by atoms with Crippen LogP contribution in [0, 0.1) is 6.92 Å². The van der Waals surface area contributed by atoms with Crippen LogP contribution in [0.2, 0.25) is 0 Å². The van der Waals surface area contributed by atoms with E-state index in [9.17, 15) is 18.1 Å². The number of hydrogen-bond donors (Lipinski definition) is 2. The third kappa shape index (κ3) is 2.77. The number of aryl methyl sites for hydroxylation is 1. The molecule has 0 spiro atoms. The number of aliphatic hydroxyl groups is 1. The van der Waals surface area contributed by atoms with E-state index in [-0.39, 0.29) is 22.6 Å². The summed E-state index contributed by atoms with van der Waals surface area (Å²) in [5, 5.41) is 13.9. The zero-order valence-electron chi connectivity index (χ0n) is 12.2. The summed E-state index contributed by atoms with van der Waals surface area (Å²) in [6.07, 6.45) is 1.84. The monoisotopic (exact) mass is 311 g/mol. The number of quaternary nitrogens is 1. The third-order valence-electron chi connectivity index (χ3n) is 3.54. The Kier molecular flexibility index (Phi) is 4.03. The number of nitrogens with zero attached hydrogens (tertiary/aromatic N) is 2. The van der Waals surface area contributed by atoms with Crippen LogP contribution in [-0.4, -0.2) is 36.9 Å². The molecule has 6 nitrogen and oxygen atoms in total. The van der Waals surface area contributed by atoms with Gasteiger partial charge in [0.05, 0.1) is 12.3 Å². The molecule has 0 aliphatic carbocycles. The van der Waals surface area contributed by atoms with Gasteiger partial charge in [-0.25, -0.2) is 0 Å². The fraction of sp³-hybridized carbons (Fsp3) is 0.357. The first-order chi connectivity index (χ1) is 9.70. The largest absolute Gasteiger partial charge is 0.390 e. The minimum atomic E-state index is -4.38. The molecule has 1 aliphatic heterocycles. The molecule has 2 N–H and O–H groups in total. The molecule has 1 aliphatic rings. The lowest BCUT2D eigenvalue weighted by Crippen LogP contribution is -2.43. The Morgan fingerprint density at radius 1 is 1.24 bits per heavy atom. The summed E-state index contributed by atoms with van der Waals surface area (Å²) in [6, 6.07) is 4.67. The number of aliphatic hydroxyl groups excluding tert-OH is 1. The maximum Gasteiger partial charge on any atom is 0.300 e. The molecule has 2 rings (SSSR count). The second-order valence-electron chi connectivity index (χ2n) is 5.19. The van der Waals surface area contributed by atoms with Crippen molar-refractivity contribution < 1.29 is 18.1 Å². The van der Waals surface area contributed by atoms with E-state index >= 15 is 0 Å². The lowest BCUT2D eigenvalue weighted by molar-refractivity contribution is 0.231. The molecule has 1 aromatic rings. The van der Waals surface area contributed by atoms with Crippen molar-refractivity contribution in [3.8, 4) is 0 Å². The Hall–Kier alpha value is -1.54. The highest BCUT2D eigenvalue weighted by Crippen LogP contribution is 2.38. The third-order valence-corrected chi connectivity index (χ3v) is 4.45. The van der Waals surface area contributed by atoms with Gasteiger partial charge in [0.25, 0.3) is 0 Å². The minimum Gasteiger partial charge on any atom is -0.390 e. The average Bonchev–Trinajstić information content (AvgIpc) is 2.64. The standard InChI is InChI=1S/C14H18N2O4S/c1-10-4-5-14(21(18,19)20)13(8-10)16(6-7-17)12(3)9-11(2)15-16/h4-5,8-9,17H,6-7H2,1-3H3/p+1. The molecule has 0 radical (unpaired) electrons. The summed E-state index contributed by atoms with van der Waals surface area (Å²) in [5.74, 6) is 0. The van der Waals surface area contributed by atoms with Gasteiger partial charge >= 0.3 is 10.1 Å². The van der Waals surface area contributed by atoms with Crippen LogP contribution in [0.5, 0.6) is 0 Å². The topological polar surface area (TPSA) is 87.0 Å². The van der Waals surface area contributed by atoms with Gasteiger partial charge in [-0.2, -0.15) is 8.42 Å². The van der Waals surface area contributed by atoms with Gasteiger partial charge in [-0.1, -0.05) is 11.2 Å². The number of allylic oxidation sites excluding steroid dienone is 2. The van der Waals surface area contributed by atoms with E-state index in [2.05, 4.69) is 5.10 Å². The summed E-state index contributed by atoms with van der Waals surface area (Å²) < 4.78 is 32.7. The van der Waals surface area contributed by atoms with E-state index in [0.29, 0.717) is 5.69 Å². The predicted octanol–water partition coefficient (Wildman–Crippen LogP) is 1.83. The number of rotatable bonds is 4. The van der Waals surface area contributed by atoms with Gasteiger partial charge < -0.3 is 5.11 Å². The molecule has 0 saturated heterocycles. The van der Waals surface area contributed by atoms with Gasteiger partial charge in [0.2, 0.25) is 0 Å². The number of hydrogen-bond acceptors (Lipinski definition) is 4. The maximum absolute atomic E-state index is 11.7. The van der Waals surface area contributed by atoms with Gasteiger partial charge in [-0.3, -0.25) is 4.55 Å². The van der Waals surface area contributed by atoms with Crippen LogP contribution in [0.1, 0.15) is 19.4 Å². The summed E-state index contributed by atoms with van der Waals surface area (Å²) in [4.78, 5) is -0.187. The van der Waals surface area contributed by atoms with Gasteiger partial charge in [0.1, 0.15) is 12.2 Å². The summed E-state index contributed by atoms with van der Waals surface area (Å²) in [5.41, 5.74) is 2.72. The van der Waals surface area contributed by atoms with Crippen molar-refractivity contribution in [1.29, 1.82) is 0 Å². The molecule has 1 unspecified atom stereocenters. The van der Waals surface area contributed by atoms with Gasteiger partial charge in [-0.05, 0) is 25.5 Å². The van der Waals surface area contributed by atoms with Crippen molar-refractivity contribution in [3.63, 3.8) is 0 Å². The zero-order valence-corrected chi connectivity index (χ0v) is 13.1. The van der Waals surface area contributed by atoms with Crippen LogP contribution >= 0.6 is 0 Å². The molecule has 0 aromatic heterocycles. The first-order valence-electron chi connectivity index (χ1n) is 6.54. The van der Waals surface area contributed by atoms with Crippen LogP contribution in [0.4, 0.5) is 5.69 Å². The highest BCUT2D eigenvalue weighted by atomic mass is 32.2. The Bertz CT molecular complexity index is 737. The van der Waals surface area contributed by atoms with E-state index in [1.165, 1.54) is 6.07 Å². The maximum atomic E-state index is 11.7. The quantitative estimate of drug-likeness (QED) is 0.656. The predicted molar refractivity (Wildman–Crippen MR) is 81.6 cm³/mol. The normalized spacial score (nSPS) is 22.1. The Morgan fingerprint density at radius 3 is 2.38 bits per heavy atom. The Labute approximate surface area is 124 Å². The van der Waals surface area contributed by atoms with Crippen molar-refractivity contribution in [3.05, 3.63) is 35.5 Å². The van der Waals surface area contributed by atoms with Crippen molar-refractivity contribution in [2.24, 2.45) is 5.10 Å². The van der Waals surface area contributed by atoms with E-state index < -0.39 is 10.1 Å². The molecule has 0 saturated carbocycles. The summed E-state index contributed by atoms with van der Waals surface area (Å²) in [6.45, 7) is 5.50. The van der Waals surface area contributed by atoms with Crippen LogP contribution in [0.25, 0.3) is 0 Å². The highest BCUT2D eigenvalue weighted by Gasteiger charge is 2.41. The van der Waals surface area contributed by atoms with Crippen LogP contribution < -0.4 is 4.59 Å². The lowest BCUT2D eigenvalue weighted by atomic mass is 10.2. The molecular weight excluding hydrogens is 292 g/mol. The van der Waals surface area contributed by atoms with Crippen LogP contribution in [0.3, 0.4) is 0 Å². The second kappa shape index (κ2) is 5.34. The number of benzene rings is 1. The van der Waals surface area contributed by atoms with E-state index in [1.54, 1.807) is 12.1 Å². The highest BCUT2D eigenvalue weighted by molar-refractivity contribution is 7.86. The molecule has 21 heavy (non-hydrogen) atoms. The molecule has 0 bridgehead atoms. The van der Waals surface area contributed by atoms with Gasteiger partial charge in [0, 0.05) is 19.1 Å². The molecule has 1 aromatic carbocycles. The second-order valence-corrected chi connectivity index (χ2v) is 6.58. The smallest absolute Gasteiger partial charge is 0.300 e. The van der Waals surface area contributed by atoms with Crippen molar-refractivity contribution >= 4 is 21.5 Å². The Morgan fingerprint density at radius 2 is 1.90 bits per heavy atom. The zero-order chi connectivity index (χ0) is 15.8. The fourth-order valence-electron chi connectivity index (χ4n) is 2.66. The lowest BCUT2D eigenvalue weighted by Gasteiger charge is -2.30. The molecule has 1 atom stereocenters. The fourth-order valence-corrected chi connectivity index (χ4v) is 3.37. The van der Waals surface area contributed by atoms with Crippen molar-refractivity contribution in [1.82, 2.24) is 4.59 Å². The van der Waals surface area contributed by atoms with Crippen molar-refractivity contribution in [2.45, 2.75) is 25.7 Å². The summed E-state index contributed by atoms with van der Waals surface area (Å²) in [7, 11) is -4.38. The molecular formula is C14H19N2O4S+. The summed E-state index contributed by atoms with van der Waals surface area (Å²) >= 11 is 0. The Balaban J connectivity index is 2.80. The van der Waals surface area contributed by atoms with Crippen LogP contribution in [-0.2, 0) is 10.1 Å². The molecule has 0 fully saturated rings. The van der Waals surface area contributed by atoms with E-state index in [1.807, 2.05) is 26.8 Å². The minimum absolute atomic E-state index is 0.140. The molecule has 7 heteroatoms. The SMILES string of the molecule is CC1=CC(C)=N[N+]1(CCO)c1cc(C)ccc1S(=O)(=O)O. The molecule has 1 heterocycles. The van der Waals surface area contributed by atoms with Crippen molar-refractivity contribution in [2.75, 3.05) is 13.2 Å². The van der Waals surface area contributed by atoms with Crippen LogP contribution in [0.15, 0.2) is 40.0 Å². The molecule has 114 valence electrons. The van der Waals surface area contributed by atoms with E-state index in [0.717, 1.165) is 17.0 Å². The van der Waals surface area contributed by atoms with Gasteiger partial charge in [0.15, 0.2) is 10.6 Å².